The second-order valence-electron chi connectivity index (χ2n) is 7.74. The van der Waals surface area contributed by atoms with E-state index in [1.54, 1.807) is 32.2 Å². The summed E-state index contributed by atoms with van der Waals surface area (Å²) in [5, 5.41) is 6.04. The summed E-state index contributed by atoms with van der Waals surface area (Å²) in [4.78, 5) is 24.3. The molecule has 0 aliphatic heterocycles. The maximum absolute atomic E-state index is 13.1. The molecule has 0 fully saturated rings. The molecule has 0 aliphatic carbocycles. The van der Waals surface area contributed by atoms with Crippen molar-refractivity contribution >= 4 is 17.6 Å². The molecule has 3 heterocycles. The number of nitrogens with one attached hydrogen (secondary N) is 2. The Morgan fingerprint density at radius 3 is 2.34 bits per heavy atom. The number of anilines is 3. The van der Waals surface area contributed by atoms with Crippen molar-refractivity contribution < 1.29 is 13.2 Å². The van der Waals surface area contributed by atoms with Crippen LogP contribution in [-0.4, -0.2) is 31.0 Å². The van der Waals surface area contributed by atoms with Gasteiger partial charge in [-0.05, 0) is 38.1 Å². The lowest BCUT2D eigenvalue weighted by atomic mass is 10.0. The third-order valence-corrected chi connectivity index (χ3v) is 4.24. The molecule has 32 heavy (non-hydrogen) atoms. The maximum atomic E-state index is 13.1. The molecule has 0 radical (unpaired) electrons. The molecule has 0 bridgehead atoms. The summed E-state index contributed by atoms with van der Waals surface area (Å²) in [7, 11) is 0. The lowest BCUT2D eigenvalue weighted by molar-refractivity contribution is -0.141. The first-order valence-corrected chi connectivity index (χ1v) is 9.67. The van der Waals surface area contributed by atoms with Crippen LogP contribution in [0.5, 0.6) is 0 Å². The average Bonchev–Trinajstić information content (AvgIpc) is 2.73. The largest absolute Gasteiger partial charge is 0.433 e. The molecule has 0 spiro atoms. The average molecular weight is 442 g/mol. The summed E-state index contributed by atoms with van der Waals surface area (Å²) < 4.78 is 39.3. The van der Waals surface area contributed by atoms with E-state index >= 15 is 0 Å². The molecular formula is C21H21F3N8. The van der Waals surface area contributed by atoms with Gasteiger partial charge in [-0.25, -0.2) is 11.6 Å². The molecule has 3 rings (SSSR count). The summed E-state index contributed by atoms with van der Waals surface area (Å²) in [6.07, 6.45) is -3.04. The smallest absolute Gasteiger partial charge is 0.352 e. The molecule has 0 unspecified atom stereocenters. The van der Waals surface area contributed by atoms with Crippen LogP contribution in [0.1, 0.15) is 39.1 Å². The second-order valence-corrected chi connectivity index (χ2v) is 7.74. The first kappa shape index (κ1) is 22.9. The van der Waals surface area contributed by atoms with Gasteiger partial charge in [-0.2, -0.15) is 28.1 Å². The van der Waals surface area contributed by atoms with Crippen LogP contribution in [0, 0.1) is 6.57 Å². The lowest BCUT2D eigenvalue weighted by Gasteiger charge is -2.14. The minimum absolute atomic E-state index is 0.0208. The molecule has 3 aromatic heterocycles. The van der Waals surface area contributed by atoms with Crippen LogP contribution in [0.25, 0.3) is 16.4 Å². The molecule has 0 atom stereocenters. The Labute approximate surface area is 183 Å². The molecule has 3 aromatic rings. The number of halogens is 3. The molecule has 0 amide bonds. The van der Waals surface area contributed by atoms with Gasteiger partial charge in [-0.3, -0.25) is 4.98 Å². The molecule has 0 aromatic carbocycles. The van der Waals surface area contributed by atoms with E-state index in [1.165, 1.54) is 12.1 Å². The number of hydrogen-bond donors (Lipinski definition) is 2. The Balaban J connectivity index is 2.03. The zero-order chi connectivity index (χ0) is 23.5. The fourth-order valence-electron chi connectivity index (χ4n) is 2.62. The van der Waals surface area contributed by atoms with E-state index in [2.05, 4.69) is 40.4 Å². The number of aromatic nitrogens is 5. The van der Waals surface area contributed by atoms with E-state index in [9.17, 15) is 13.2 Å². The Morgan fingerprint density at radius 1 is 0.969 bits per heavy atom. The normalized spacial score (nSPS) is 11.8. The summed E-state index contributed by atoms with van der Waals surface area (Å²) >= 11 is 0. The Bertz CT molecular complexity index is 1150. The third-order valence-electron chi connectivity index (χ3n) is 4.24. The van der Waals surface area contributed by atoms with Gasteiger partial charge < -0.3 is 15.5 Å². The van der Waals surface area contributed by atoms with Gasteiger partial charge in [0, 0.05) is 31.8 Å². The third kappa shape index (κ3) is 5.46. The highest BCUT2D eigenvalue weighted by Crippen LogP contribution is 2.29. The van der Waals surface area contributed by atoms with Crippen molar-refractivity contribution in [1.29, 1.82) is 0 Å². The van der Waals surface area contributed by atoms with Gasteiger partial charge in [-0.15, -0.1) is 0 Å². The van der Waals surface area contributed by atoms with E-state index in [-0.39, 0.29) is 29.5 Å². The summed E-state index contributed by atoms with van der Waals surface area (Å²) in [5.41, 5.74) is -0.790. The van der Waals surface area contributed by atoms with Gasteiger partial charge in [0.15, 0.2) is 5.82 Å². The molecule has 0 saturated heterocycles. The predicted molar refractivity (Wildman–Crippen MR) is 114 cm³/mol. The van der Waals surface area contributed by atoms with E-state index < -0.39 is 17.4 Å². The van der Waals surface area contributed by atoms with Crippen LogP contribution in [0.15, 0.2) is 36.5 Å². The number of hydrogen-bond acceptors (Lipinski definition) is 7. The lowest BCUT2D eigenvalue weighted by Crippen LogP contribution is -2.15. The SMILES string of the molecule is [C-]#[N+]C(C)(C)c1cc(Nc2nc(NC(C)C)nc(-c3cccc(C(F)(F)F)n3)n2)ccn1. The summed E-state index contributed by atoms with van der Waals surface area (Å²) in [6.45, 7) is 14.6. The van der Waals surface area contributed by atoms with Crippen molar-refractivity contribution in [3.63, 3.8) is 0 Å². The van der Waals surface area contributed by atoms with Crippen LogP contribution < -0.4 is 10.6 Å². The van der Waals surface area contributed by atoms with Crippen molar-refractivity contribution in [3.05, 3.63) is 59.3 Å². The van der Waals surface area contributed by atoms with Crippen LogP contribution in [0.4, 0.5) is 30.8 Å². The molecule has 8 nitrogen and oxygen atoms in total. The van der Waals surface area contributed by atoms with E-state index in [0.717, 1.165) is 6.07 Å². The molecule has 0 saturated carbocycles. The van der Waals surface area contributed by atoms with E-state index in [1.807, 2.05) is 13.8 Å². The number of pyridine rings is 2. The van der Waals surface area contributed by atoms with Crippen molar-refractivity contribution in [2.45, 2.75) is 45.5 Å². The van der Waals surface area contributed by atoms with Gasteiger partial charge >= 0.3 is 6.18 Å². The second kappa shape index (κ2) is 8.74. The fraction of sp³-hybridized carbons (Fsp3) is 0.333. The zero-order valence-corrected chi connectivity index (χ0v) is 17.9. The van der Waals surface area contributed by atoms with Crippen molar-refractivity contribution in [2.24, 2.45) is 0 Å². The molecular weight excluding hydrogens is 421 g/mol. The van der Waals surface area contributed by atoms with E-state index in [4.69, 9.17) is 6.57 Å². The minimum Gasteiger partial charge on any atom is -0.352 e. The Morgan fingerprint density at radius 2 is 1.69 bits per heavy atom. The van der Waals surface area contributed by atoms with Gasteiger partial charge in [0.05, 0.1) is 0 Å². The van der Waals surface area contributed by atoms with Crippen LogP contribution in [0.3, 0.4) is 0 Å². The number of alkyl halides is 3. The predicted octanol–water partition coefficient (Wildman–Crippen LogP) is 5.07. The van der Waals surface area contributed by atoms with Crippen LogP contribution >= 0.6 is 0 Å². The van der Waals surface area contributed by atoms with Gasteiger partial charge in [0.25, 0.3) is 5.54 Å². The summed E-state index contributed by atoms with van der Waals surface area (Å²) in [5.74, 6) is 0.269. The highest BCUT2D eigenvalue weighted by Gasteiger charge is 2.33. The first-order valence-electron chi connectivity index (χ1n) is 9.67. The van der Waals surface area contributed by atoms with Gasteiger partial charge in [0.2, 0.25) is 11.9 Å². The highest BCUT2D eigenvalue weighted by atomic mass is 19.4. The standard InChI is InChI=1S/C21H21F3N8/c1-12(2)27-18-30-17(14-7-6-8-15(29-14)21(22,23)24)31-19(32-18)28-13-9-10-26-16(11-13)20(3,4)25-5/h6-12H,1-4H3,(H2,26,27,28,30,31,32). The maximum Gasteiger partial charge on any atom is 0.433 e. The number of nitrogens with zero attached hydrogens (tertiary/aromatic N) is 6. The summed E-state index contributed by atoms with van der Waals surface area (Å²) in [6, 6.07) is 6.87. The van der Waals surface area contributed by atoms with Crippen LogP contribution in [-0.2, 0) is 11.7 Å². The molecule has 0 aliphatic rings. The fourth-order valence-corrected chi connectivity index (χ4v) is 2.62. The topological polar surface area (TPSA) is 92.9 Å². The molecule has 11 heteroatoms. The monoisotopic (exact) mass is 442 g/mol. The van der Waals surface area contributed by atoms with Gasteiger partial charge in [-0.1, -0.05) is 6.07 Å². The van der Waals surface area contributed by atoms with Gasteiger partial charge in [0.1, 0.15) is 17.1 Å². The van der Waals surface area contributed by atoms with Crippen molar-refractivity contribution in [1.82, 2.24) is 24.9 Å². The first-order chi connectivity index (χ1) is 15.0. The molecule has 2 N–H and O–H groups in total. The Hall–Kier alpha value is -3.81. The zero-order valence-electron chi connectivity index (χ0n) is 17.9. The Kier molecular flexibility index (Phi) is 6.25. The minimum atomic E-state index is -4.59. The number of rotatable bonds is 6. The highest BCUT2D eigenvalue weighted by molar-refractivity contribution is 5.59. The van der Waals surface area contributed by atoms with Crippen molar-refractivity contribution in [2.75, 3.05) is 10.6 Å². The quantitative estimate of drug-likeness (QED) is 0.515. The van der Waals surface area contributed by atoms with E-state index in [0.29, 0.717) is 11.4 Å². The molecule has 166 valence electrons. The van der Waals surface area contributed by atoms with Crippen molar-refractivity contribution in [3.8, 4) is 11.5 Å². The van der Waals surface area contributed by atoms with Crippen LogP contribution in [0.2, 0.25) is 0 Å².